The topological polar surface area (TPSA) is 530 Å². The summed E-state index contributed by atoms with van der Waals surface area (Å²) in [5, 5.41) is 36.4. The molecule has 0 spiro atoms. The van der Waals surface area contributed by atoms with Crippen LogP contribution in [-0.4, -0.2) is 222 Å². The standard InChI is InChI=1S/C44H54N16O5SSi.C42H50N16O5SSi.2CH4/c1-8-46-30-25(2)41(59-23-52-32-35(48-21-50-37(32)59)56-39(61)26-15-11-9-12-16-26)63-28(30)19-47-43(66)55-31-29(20-54-58-45)64-42(34(31)65-67(6,7)44(3,4)5)60-24-53-33-36(49-22-51-38(33)60)57-40(62)27-17-13-10-14-18-27;1-23-28(43)26(61-39(23)57-21-50-30-33(46-19-48-35(30)57)54-37(59)24-13-9-7-10-14-24)17-45-41(64)53-29-27(18-52-56-44)62-40(32(29)63-65(5,6)42(2,3)4)58-22-51-31-34(47-20-49-36(31)58)55-38(60)25-15-11-8-12-16-25;;/h9-18,21-25,28-31,34,41-42,46H,8,19-20H2,1-7H3,(H2,47,55,66)(H,48,50,56,61)(H,49,51,57,62);7-16,19-23,26-29,32,39-40H,17-18,43H2,1-6H3,(H2,45,53,64)(H,46,48,54,59)(H,47,49,55,60);2*1H4/t25-,28-,29-,30+,31-,34?,41-,42-;23-,26-,27-,28+,29-,32?,39-,40-;;/m11../s1/i1T;;;. The van der Waals surface area contributed by atoms with E-state index in [0.717, 1.165) is 0 Å². The van der Waals surface area contributed by atoms with E-state index in [2.05, 4.69) is 202 Å². The zero-order valence-corrected chi connectivity index (χ0v) is 78.1. The molecular weight excluding hydrogens is 1790 g/mol. The maximum atomic E-state index is 13.2. The second-order valence-corrected chi connectivity index (χ2v) is 45.6. The summed E-state index contributed by atoms with van der Waals surface area (Å²) in [7, 11) is -5.10. The summed E-state index contributed by atoms with van der Waals surface area (Å²) in [5.41, 5.74) is 30.8. The molecule has 12 aromatic rings. The third-order valence-electron chi connectivity index (χ3n) is 24.9. The summed E-state index contributed by atoms with van der Waals surface area (Å²) in [6, 6.07) is 33.3. The van der Waals surface area contributed by atoms with Gasteiger partial charge in [0.2, 0.25) is 0 Å². The molecule has 4 amide bonds. The molecule has 42 nitrogen and oxygen atoms in total. The Labute approximate surface area is 787 Å². The number of thiocarbonyl (C=S) groups is 2. The molecule has 16 atom stereocenters. The number of likely N-dealkylation sites (N-methyl/N-ethyl adjacent to an activating group) is 1. The van der Waals surface area contributed by atoms with Gasteiger partial charge in [-0.1, -0.05) is 160 Å². The van der Waals surface area contributed by atoms with E-state index in [1.807, 2.05) is 35.8 Å². The third-order valence-corrected chi connectivity index (χ3v) is 34.3. The van der Waals surface area contributed by atoms with Gasteiger partial charge in [-0.05, 0) is 127 Å². The van der Waals surface area contributed by atoms with Gasteiger partial charge in [-0.3, -0.25) is 37.4 Å². The Morgan fingerprint density at radius 2 is 0.754 bits per heavy atom. The highest BCUT2D eigenvalue weighted by molar-refractivity contribution is 7.80. The fraction of sp³-hybridized carbons (Fsp3) is 0.432. The average molecular weight is 1900 g/mol. The quantitative estimate of drug-likeness (QED) is 0.00716. The first-order chi connectivity index (χ1) is 63.8. The average Bonchev–Trinajstić information content (AvgIpc) is 1.61. The van der Waals surface area contributed by atoms with Crippen molar-refractivity contribution in [2.45, 2.75) is 199 Å². The molecular formula is C88H112N32O10S2Si2. The van der Waals surface area contributed by atoms with E-state index in [4.69, 9.17) is 59.3 Å². The van der Waals surface area contributed by atoms with E-state index >= 15 is 0 Å². The number of ether oxygens (including phenoxy) is 4. The van der Waals surface area contributed by atoms with E-state index in [9.17, 15) is 30.2 Å². The fourth-order valence-electron chi connectivity index (χ4n) is 15.8. The number of fused-ring (bicyclic) bond motifs is 4. The predicted molar refractivity (Wildman–Crippen MR) is 519 cm³/mol. The van der Waals surface area contributed by atoms with Gasteiger partial charge in [-0.2, -0.15) is 0 Å². The number of anilines is 4. The summed E-state index contributed by atoms with van der Waals surface area (Å²) in [6.07, 6.45) is 5.29. The van der Waals surface area contributed by atoms with Crippen LogP contribution in [-0.2, 0) is 27.8 Å². The lowest BCUT2D eigenvalue weighted by atomic mass is 9.98. The molecule has 12 heterocycles. The Morgan fingerprint density at radius 1 is 0.455 bits per heavy atom. The normalized spacial score (nSPS) is 22.8. The molecule has 134 heavy (non-hydrogen) atoms. The number of imidazole rings is 4. The number of nitrogens with zero attached hydrogens (tertiary/aromatic N) is 22. The van der Waals surface area contributed by atoms with Gasteiger partial charge in [0.1, 0.15) is 50.0 Å². The number of hydrogen-bond acceptors (Lipinski definition) is 28. The number of rotatable bonds is 28. The van der Waals surface area contributed by atoms with Crippen molar-refractivity contribution in [1.29, 1.82) is 0 Å². The van der Waals surface area contributed by atoms with Crippen molar-refractivity contribution >= 4 is 143 Å². The molecule has 4 fully saturated rings. The zero-order chi connectivity index (χ0) is 94.2. The third kappa shape index (κ3) is 21.2. The number of benzene rings is 4. The molecule has 4 aromatic carbocycles. The first-order valence-corrected chi connectivity index (χ1v) is 49.5. The van der Waals surface area contributed by atoms with Gasteiger partial charge in [0.05, 0.1) is 74.9 Å². The van der Waals surface area contributed by atoms with Gasteiger partial charge in [0.25, 0.3) is 23.6 Å². The largest absolute Gasteiger partial charge is 0.407 e. The molecule has 704 valence electrons. The predicted octanol–water partition coefficient (Wildman–Crippen LogP) is 12.8. The van der Waals surface area contributed by atoms with Gasteiger partial charge in [0.15, 0.2) is 107 Å². The van der Waals surface area contributed by atoms with Crippen molar-refractivity contribution < 1.29 is 48.3 Å². The van der Waals surface area contributed by atoms with E-state index < -0.39 is 96.3 Å². The van der Waals surface area contributed by atoms with Crippen LogP contribution in [0.1, 0.15) is 145 Å². The van der Waals surface area contributed by atoms with Crippen molar-refractivity contribution in [3.8, 4) is 0 Å². The van der Waals surface area contributed by atoms with Crippen LogP contribution < -0.4 is 53.6 Å². The van der Waals surface area contributed by atoms with Crippen molar-refractivity contribution in [2.24, 2.45) is 27.8 Å². The molecule has 11 N–H and O–H groups in total. The number of azide groups is 2. The molecule has 8 aromatic heterocycles. The van der Waals surface area contributed by atoms with E-state index in [1.54, 1.807) is 136 Å². The van der Waals surface area contributed by atoms with Gasteiger partial charge in [-0.25, -0.2) is 59.8 Å². The molecule has 4 aliphatic rings. The van der Waals surface area contributed by atoms with E-state index in [1.165, 1.54) is 25.3 Å². The van der Waals surface area contributed by atoms with Crippen LogP contribution >= 0.6 is 24.4 Å². The summed E-state index contributed by atoms with van der Waals surface area (Å²) in [4.78, 5) is 112. The maximum absolute atomic E-state index is 13.2. The van der Waals surface area contributed by atoms with Gasteiger partial charge >= 0.3 is 0 Å². The van der Waals surface area contributed by atoms with Gasteiger partial charge in [0, 0.05) is 70.5 Å². The minimum Gasteiger partial charge on any atom is -0.407 e. The molecule has 0 aliphatic carbocycles. The van der Waals surface area contributed by atoms with Crippen molar-refractivity contribution in [1.82, 2.24) is 105 Å². The molecule has 0 saturated carbocycles. The fourth-order valence-corrected chi connectivity index (χ4v) is 18.8. The smallest absolute Gasteiger partial charge is 0.256 e. The Kier molecular flexibility index (Phi) is 30.5. The first-order valence-electron chi connectivity index (χ1n) is 43.6. The van der Waals surface area contributed by atoms with Crippen LogP contribution in [0, 0.1) is 11.8 Å². The lowest BCUT2D eigenvalue weighted by molar-refractivity contribution is -0.0285. The molecule has 0 radical (unpaired) electrons. The number of amides is 4. The Balaban J connectivity index is 0.000000226. The monoisotopic (exact) mass is 1900 g/mol. The minimum atomic E-state index is -2.56. The van der Waals surface area contributed by atoms with Crippen LogP contribution in [0.5, 0.6) is 0 Å². The lowest BCUT2D eigenvalue weighted by Gasteiger charge is -2.41. The molecule has 4 aliphatic heterocycles. The minimum absolute atomic E-state index is 0. The number of hydrogen-bond donors (Lipinski definition) is 10. The summed E-state index contributed by atoms with van der Waals surface area (Å²) < 4.78 is 56.2. The Morgan fingerprint density at radius 3 is 1.07 bits per heavy atom. The van der Waals surface area contributed by atoms with Crippen LogP contribution in [0.4, 0.5) is 23.3 Å². The second-order valence-electron chi connectivity index (χ2n) is 35.3. The SMILES string of the molecule is C.C.C[C@@H]1[C@H](N)[C@@H](CNC(=S)N[C@H]2C(O[Si](C)(C)C(C)(C)C)[C@H](n3cnc4c(NC(=O)c5ccccc5)ncnc43)O[C@@H]2CN=[N+]=[N-])O[C@H]1n1cnc2c(NC(=O)c3ccccc3)ncnc21.[3H]CCN[C@H]1[C@@H](C)[C@H](n2cnc3c(NC(=O)c4ccccc4)ncnc32)O[C@@H]1CNC(=S)N[C@H]1C(O[Si](C)(C)C(C)(C)C)[C@H](n2cnc3c(NC(=O)c4ccccc4)ncnc32)O[C@@H]1CN=[N+]=[N-]. The number of nitrogens with two attached hydrogens (primary N) is 1. The first kappa shape index (κ1) is 97.1. The number of carbonyl (C=O) groups is 4. The number of aromatic nitrogens is 16. The summed E-state index contributed by atoms with van der Waals surface area (Å²) in [6.45, 7) is 26.4. The van der Waals surface area contributed by atoms with Crippen LogP contribution in [0.2, 0.25) is 36.3 Å². The Bertz CT molecular complexity index is 6310. The van der Waals surface area contributed by atoms with Gasteiger partial charge < -0.3 is 81.4 Å². The number of carbonyl (C=O) groups excluding carboxylic acids is 4. The van der Waals surface area contributed by atoms with E-state index in [0.29, 0.717) is 73.5 Å². The van der Waals surface area contributed by atoms with Crippen LogP contribution in [0.3, 0.4) is 0 Å². The summed E-state index contributed by atoms with van der Waals surface area (Å²) >= 11 is 11.9. The zero-order valence-electron chi connectivity index (χ0n) is 75.5. The highest BCUT2D eigenvalue weighted by atomic mass is 32.1. The van der Waals surface area contributed by atoms with Crippen molar-refractivity contribution in [2.75, 3.05) is 54.0 Å². The summed E-state index contributed by atoms with van der Waals surface area (Å²) in [5.74, 6) is -0.685. The second kappa shape index (κ2) is 42.1. The van der Waals surface area contributed by atoms with Crippen LogP contribution in [0.25, 0.3) is 65.5 Å². The lowest BCUT2D eigenvalue weighted by Crippen LogP contribution is -2.56. The van der Waals surface area contributed by atoms with Crippen LogP contribution in [0.15, 0.2) is 182 Å². The maximum Gasteiger partial charge on any atom is 0.256 e. The van der Waals surface area contributed by atoms with Crippen molar-refractivity contribution in [3.63, 3.8) is 0 Å². The molecule has 0 bridgehead atoms. The Hall–Kier alpha value is -12.9. The molecule has 16 rings (SSSR count). The molecule has 2 unspecified atom stereocenters. The molecule has 46 heteroatoms. The number of nitrogens with one attached hydrogen (secondary N) is 9. The highest BCUT2D eigenvalue weighted by Crippen LogP contribution is 2.46. The van der Waals surface area contributed by atoms with E-state index in [-0.39, 0.29) is 133 Å². The highest BCUT2D eigenvalue weighted by Gasteiger charge is 2.54. The van der Waals surface area contributed by atoms with Gasteiger partial charge in [-0.15, -0.1) is 0 Å². The van der Waals surface area contributed by atoms with Crippen molar-refractivity contribution in [3.05, 3.63) is 215 Å². The molecule has 4 saturated heterocycles.